The zero-order chi connectivity index (χ0) is 8.10. The summed E-state index contributed by atoms with van der Waals surface area (Å²) in [6.07, 6.45) is 3.55. The highest BCUT2D eigenvalue weighted by Gasteiger charge is 1.97. The highest BCUT2D eigenvalue weighted by Crippen LogP contribution is 2.12. The van der Waals surface area contributed by atoms with Crippen molar-refractivity contribution in [3.8, 4) is 0 Å². The summed E-state index contributed by atoms with van der Waals surface area (Å²) >= 11 is 1.64. The van der Waals surface area contributed by atoms with E-state index < -0.39 is 0 Å². The van der Waals surface area contributed by atoms with E-state index in [9.17, 15) is 4.79 Å². The number of carbonyl (C=O) groups is 1. The topological polar surface area (TPSA) is 42.0 Å². The van der Waals surface area contributed by atoms with Crippen molar-refractivity contribution in [3.63, 3.8) is 0 Å². The zero-order valence-corrected chi connectivity index (χ0v) is 7.15. The number of thiazole rings is 1. The van der Waals surface area contributed by atoms with Crippen molar-refractivity contribution in [1.82, 2.24) is 10.3 Å². The molecule has 0 bridgehead atoms. The van der Waals surface area contributed by atoms with E-state index in [2.05, 4.69) is 17.2 Å². The molecule has 0 unspecified atom stereocenters. The number of carbonyl (C=O) groups excluding carboxylic acids is 1. The van der Waals surface area contributed by atoms with Gasteiger partial charge in [-0.2, -0.15) is 0 Å². The number of amides is 1. The summed E-state index contributed by atoms with van der Waals surface area (Å²) in [5, 5.41) is 3.54. The first kappa shape index (κ1) is 8.20. The zero-order valence-electron chi connectivity index (χ0n) is 6.33. The van der Waals surface area contributed by atoms with Crippen molar-refractivity contribution in [2.45, 2.75) is 19.9 Å². The van der Waals surface area contributed by atoms with Gasteiger partial charge in [0.05, 0.1) is 6.54 Å². The molecule has 1 rings (SSSR count). The predicted molar refractivity (Wildman–Crippen MR) is 44.4 cm³/mol. The van der Waals surface area contributed by atoms with Crippen LogP contribution in [0.1, 0.15) is 16.8 Å². The van der Waals surface area contributed by atoms with E-state index in [0.29, 0.717) is 13.0 Å². The third kappa shape index (κ3) is 2.31. The highest BCUT2D eigenvalue weighted by atomic mass is 32.1. The minimum Gasteiger partial charge on any atom is -0.352 e. The first-order chi connectivity index (χ1) is 5.36. The molecular weight excluding hydrogens is 160 g/mol. The maximum Gasteiger partial charge on any atom is 0.207 e. The number of nitrogens with one attached hydrogen (secondary N) is 1. The average molecular weight is 170 g/mol. The normalized spacial score (nSPS) is 9.55. The molecule has 1 aromatic heterocycles. The molecule has 60 valence electrons. The lowest BCUT2D eigenvalue weighted by Crippen LogP contribution is -2.08. The van der Waals surface area contributed by atoms with Crippen LogP contribution in [0.25, 0.3) is 0 Å². The van der Waals surface area contributed by atoms with Crippen LogP contribution in [-0.4, -0.2) is 11.4 Å². The van der Waals surface area contributed by atoms with Gasteiger partial charge in [-0.05, 0) is 6.42 Å². The second-order valence-electron chi connectivity index (χ2n) is 2.07. The van der Waals surface area contributed by atoms with Gasteiger partial charge in [0.25, 0.3) is 0 Å². The van der Waals surface area contributed by atoms with Crippen LogP contribution < -0.4 is 5.32 Å². The van der Waals surface area contributed by atoms with Crippen LogP contribution in [0.4, 0.5) is 0 Å². The van der Waals surface area contributed by atoms with Gasteiger partial charge in [-0.1, -0.05) is 6.92 Å². The van der Waals surface area contributed by atoms with Gasteiger partial charge in [0.1, 0.15) is 5.01 Å². The first-order valence-corrected chi connectivity index (χ1v) is 4.29. The molecule has 0 atom stereocenters. The maximum absolute atomic E-state index is 9.92. The molecule has 11 heavy (non-hydrogen) atoms. The molecule has 4 heteroatoms. The Labute approximate surface area is 69.5 Å². The SMILES string of the molecule is CCc1cnc(CNC=O)s1. The van der Waals surface area contributed by atoms with Crippen LogP contribution in [0.5, 0.6) is 0 Å². The first-order valence-electron chi connectivity index (χ1n) is 3.47. The molecule has 1 amide bonds. The molecule has 0 aromatic carbocycles. The number of hydrogen-bond acceptors (Lipinski definition) is 3. The Morgan fingerprint density at radius 1 is 1.82 bits per heavy atom. The third-order valence-electron chi connectivity index (χ3n) is 1.29. The van der Waals surface area contributed by atoms with Crippen LogP contribution >= 0.6 is 11.3 Å². The van der Waals surface area contributed by atoms with E-state index in [1.54, 1.807) is 11.3 Å². The summed E-state index contributed by atoms with van der Waals surface area (Å²) in [6.45, 7) is 2.64. The van der Waals surface area contributed by atoms with Crippen LogP contribution in [0.15, 0.2) is 6.20 Å². The molecule has 0 spiro atoms. The Hall–Kier alpha value is -0.900. The largest absolute Gasteiger partial charge is 0.352 e. The lowest BCUT2D eigenvalue weighted by molar-refractivity contribution is -0.109. The summed E-state index contributed by atoms with van der Waals surface area (Å²) in [7, 11) is 0. The van der Waals surface area contributed by atoms with Gasteiger partial charge >= 0.3 is 0 Å². The lowest BCUT2D eigenvalue weighted by atomic mass is 10.4. The van der Waals surface area contributed by atoms with Crippen LogP contribution in [0, 0.1) is 0 Å². The lowest BCUT2D eigenvalue weighted by Gasteiger charge is -1.90. The van der Waals surface area contributed by atoms with Crippen LogP contribution in [-0.2, 0) is 17.8 Å². The molecule has 0 aliphatic rings. The maximum atomic E-state index is 9.92. The molecule has 1 aromatic rings. The highest BCUT2D eigenvalue weighted by molar-refractivity contribution is 7.11. The fourth-order valence-corrected chi connectivity index (χ4v) is 1.54. The summed E-state index contributed by atoms with van der Waals surface area (Å²) in [6, 6.07) is 0. The third-order valence-corrected chi connectivity index (χ3v) is 2.43. The van der Waals surface area contributed by atoms with Gasteiger partial charge in [0.15, 0.2) is 0 Å². The Morgan fingerprint density at radius 3 is 3.18 bits per heavy atom. The summed E-state index contributed by atoms with van der Waals surface area (Å²) < 4.78 is 0. The summed E-state index contributed by atoms with van der Waals surface area (Å²) in [4.78, 5) is 15.3. The van der Waals surface area contributed by atoms with Gasteiger partial charge in [-0.3, -0.25) is 4.79 Å². The number of rotatable bonds is 4. The van der Waals surface area contributed by atoms with E-state index in [-0.39, 0.29) is 0 Å². The van der Waals surface area contributed by atoms with Crippen LogP contribution in [0.2, 0.25) is 0 Å². The van der Waals surface area contributed by atoms with E-state index in [4.69, 9.17) is 0 Å². The van der Waals surface area contributed by atoms with E-state index >= 15 is 0 Å². The van der Waals surface area contributed by atoms with Crippen molar-refractivity contribution in [1.29, 1.82) is 0 Å². The summed E-state index contributed by atoms with van der Waals surface area (Å²) in [5.41, 5.74) is 0. The minimum absolute atomic E-state index is 0.550. The molecule has 0 aliphatic heterocycles. The van der Waals surface area contributed by atoms with Gasteiger partial charge in [0, 0.05) is 11.1 Å². The molecule has 3 nitrogen and oxygen atoms in total. The molecule has 0 saturated heterocycles. The van der Waals surface area contributed by atoms with Gasteiger partial charge < -0.3 is 5.32 Å². The fraction of sp³-hybridized carbons (Fsp3) is 0.429. The number of aromatic nitrogens is 1. The Bertz CT molecular complexity index is 234. The van der Waals surface area contributed by atoms with Crippen molar-refractivity contribution in [2.75, 3.05) is 0 Å². The number of nitrogens with zero attached hydrogens (tertiary/aromatic N) is 1. The predicted octanol–water partition coefficient (Wildman–Crippen LogP) is 0.952. The molecule has 0 saturated carbocycles. The van der Waals surface area contributed by atoms with E-state index in [1.807, 2.05) is 6.20 Å². The second kappa shape index (κ2) is 4.08. The number of aryl methyl sites for hydroxylation is 1. The van der Waals surface area contributed by atoms with Crippen molar-refractivity contribution in [3.05, 3.63) is 16.1 Å². The van der Waals surface area contributed by atoms with Gasteiger partial charge in [-0.25, -0.2) is 4.98 Å². The molecular formula is C7H10N2OS. The average Bonchev–Trinajstić information content (AvgIpc) is 2.48. The smallest absolute Gasteiger partial charge is 0.207 e. The standard InChI is InChI=1S/C7H10N2OS/c1-2-6-3-9-7(11-6)4-8-5-10/h3,5H,2,4H2,1H3,(H,8,10). The molecule has 1 N–H and O–H groups in total. The Kier molecular flexibility index (Phi) is 3.04. The van der Waals surface area contributed by atoms with E-state index in [0.717, 1.165) is 11.4 Å². The van der Waals surface area contributed by atoms with Crippen molar-refractivity contribution < 1.29 is 4.79 Å². The molecule has 0 fully saturated rings. The monoisotopic (exact) mass is 170 g/mol. The minimum atomic E-state index is 0.550. The van der Waals surface area contributed by atoms with E-state index in [1.165, 1.54) is 4.88 Å². The van der Waals surface area contributed by atoms with Gasteiger partial charge in [0.2, 0.25) is 6.41 Å². The fourth-order valence-electron chi connectivity index (χ4n) is 0.722. The Morgan fingerprint density at radius 2 is 2.64 bits per heavy atom. The Balaban J connectivity index is 2.50. The quantitative estimate of drug-likeness (QED) is 0.684. The molecule has 0 radical (unpaired) electrons. The second-order valence-corrected chi connectivity index (χ2v) is 3.27. The molecule has 1 heterocycles. The van der Waals surface area contributed by atoms with Crippen molar-refractivity contribution in [2.24, 2.45) is 0 Å². The molecule has 0 aliphatic carbocycles. The van der Waals surface area contributed by atoms with Crippen molar-refractivity contribution >= 4 is 17.7 Å². The summed E-state index contributed by atoms with van der Waals surface area (Å²) in [5.74, 6) is 0. The van der Waals surface area contributed by atoms with Crippen LogP contribution in [0.3, 0.4) is 0 Å². The van der Waals surface area contributed by atoms with Gasteiger partial charge in [-0.15, -0.1) is 11.3 Å². The number of hydrogen-bond donors (Lipinski definition) is 1.